The number of ether oxygens (including phenoxy) is 1. The molecule has 1 saturated carbocycles. The fraction of sp³-hybridized carbons (Fsp3) is 0.444. The van der Waals surface area contributed by atoms with Crippen LogP contribution in [0.25, 0.3) is 11.1 Å². The maximum absolute atomic E-state index is 12.6. The van der Waals surface area contributed by atoms with Gasteiger partial charge in [-0.25, -0.2) is 4.79 Å². The van der Waals surface area contributed by atoms with Crippen molar-refractivity contribution in [2.45, 2.75) is 45.6 Å². The monoisotopic (exact) mass is 464 g/mol. The number of rotatable bonds is 8. The van der Waals surface area contributed by atoms with Gasteiger partial charge < -0.3 is 20.5 Å². The van der Waals surface area contributed by atoms with Crippen LogP contribution >= 0.6 is 0 Å². The number of carbonyl (C=O) groups is 3. The minimum Gasteiger partial charge on any atom is -0.481 e. The topological polar surface area (TPSA) is 105 Å². The van der Waals surface area contributed by atoms with Gasteiger partial charge in [0.15, 0.2) is 0 Å². The van der Waals surface area contributed by atoms with E-state index in [-0.39, 0.29) is 42.1 Å². The number of alkyl carbamates (subject to hydrolysis) is 1. The second-order valence-corrected chi connectivity index (χ2v) is 10.3. The molecule has 2 aliphatic rings. The van der Waals surface area contributed by atoms with Crippen LogP contribution in [0.5, 0.6) is 0 Å². The number of hydrogen-bond acceptors (Lipinski definition) is 4. The number of amides is 2. The number of carbonyl (C=O) groups excluding carboxylic acids is 2. The molecule has 0 aromatic heterocycles. The zero-order valence-electron chi connectivity index (χ0n) is 19.8. The number of benzene rings is 2. The van der Waals surface area contributed by atoms with Crippen LogP contribution in [0.4, 0.5) is 4.79 Å². The Balaban J connectivity index is 1.25. The molecular weight excluding hydrogens is 432 g/mol. The van der Waals surface area contributed by atoms with Crippen molar-refractivity contribution in [1.82, 2.24) is 10.6 Å². The molecule has 1 fully saturated rings. The van der Waals surface area contributed by atoms with Crippen LogP contribution < -0.4 is 10.6 Å². The Morgan fingerprint density at radius 2 is 1.62 bits per heavy atom. The van der Waals surface area contributed by atoms with Gasteiger partial charge in [0.1, 0.15) is 6.61 Å². The number of carboxylic acid groups (broad SMARTS) is 1. The summed E-state index contributed by atoms with van der Waals surface area (Å²) in [6.45, 7) is 6.32. The molecule has 0 heterocycles. The van der Waals surface area contributed by atoms with E-state index in [0.29, 0.717) is 13.0 Å². The maximum Gasteiger partial charge on any atom is 0.407 e. The van der Waals surface area contributed by atoms with Crippen LogP contribution in [-0.2, 0) is 14.3 Å². The van der Waals surface area contributed by atoms with E-state index in [0.717, 1.165) is 11.1 Å². The lowest BCUT2D eigenvalue weighted by Gasteiger charge is -2.30. The molecule has 0 saturated heterocycles. The average Bonchev–Trinajstić information content (AvgIpc) is 3.50. The molecular formula is C27H32N2O5. The van der Waals surface area contributed by atoms with E-state index in [1.165, 1.54) is 11.1 Å². The summed E-state index contributed by atoms with van der Waals surface area (Å²) in [6.07, 6.45) is 0.0516. The van der Waals surface area contributed by atoms with E-state index in [1.54, 1.807) is 0 Å². The first kappa shape index (κ1) is 23.8. The third-order valence-electron chi connectivity index (χ3n) is 6.85. The lowest BCUT2D eigenvalue weighted by Crippen LogP contribution is -2.46. The Morgan fingerprint density at radius 3 is 2.18 bits per heavy atom. The summed E-state index contributed by atoms with van der Waals surface area (Å²) in [5, 5.41) is 14.8. The highest BCUT2D eigenvalue weighted by atomic mass is 16.5. The Bertz CT molecular complexity index is 1040. The quantitative estimate of drug-likeness (QED) is 0.544. The normalized spacial score (nSPS) is 19.5. The van der Waals surface area contributed by atoms with Gasteiger partial charge >= 0.3 is 12.1 Å². The molecule has 180 valence electrons. The van der Waals surface area contributed by atoms with E-state index >= 15 is 0 Å². The molecule has 2 amide bonds. The van der Waals surface area contributed by atoms with Gasteiger partial charge in [-0.3, -0.25) is 9.59 Å². The number of carboxylic acids is 1. The van der Waals surface area contributed by atoms with Crippen LogP contribution in [0, 0.1) is 17.3 Å². The van der Waals surface area contributed by atoms with E-state index in [4.69, 9.17) is 9.84 Å². The van der Waals surface area contributed by atoms with Crippen LogP contribution in [0.15, 0.2) is 48.5 Å². The summed E-state index contributed by atoms with van der Waals surface area (Å²) in [7, 11) is 0. The molecule has 2 aromatic rings. The highest BCUT2D eigenvalue weighted by Gasteiger charge is 2.44. The number of fused-ring (bicyclic) bond motifs is 3. The molecule has 3 atom stereocenters. The molecule has 0 bridgehead atoms. The summed E-state index contributed by atoms with van der Waals surface area (Å²) < 4.78 is 5.55. The average molecular weight is 465 g/mol. The largest absolute Gasteiger partial charge is 0.481 e. The van der Waals surface area contributed by atoms with Gasteiger partial charge in [-0.1, -0.05) is 69.3 Å². The van der Waals surface area contributed by atoms with Gasteiger partial charge in [0.25, 0.3) is 0 Å². The van der Waals surface area contributed by atoms with Gasteiger partial charge in [0.05, 0.1) is 6.42 Å². The molecule has 2 aliphatic carbocycles. The first-order chi connectivity index (χ1) is 16.1. The molecule has 7 nitrogen and oxygen atoms in total. The fourth-order valence-electron chi connectivity index (χ4n) is 4.69. The number of aliphatic carboxylic acids is 1. The van der Waals surface area contributed by atoms with Crippen LogP contribution in [-0.4, -0.2) is 42.3 Å². The number of nitrogens with one attached hydrogen (secondary N) is 2. The second-order valence-electron chi connectivity index (χ2n) is 10.3. The van der Waals surface area contributed by atoms with Crippen molar-refractivity contribution >= 4 is 18.0 Å². The zero-order chi connectivity index (χ0) is 24.5. The van der Waals surface area contributed by atoms with Crippen LogP contribution in [0.3, 0.4) is 0 Å². The maximum atomic E-state index is 12.6. The van der Waals surface area contributed by atoms with Crippen LogP contribution in [0.1, 0.15) is 50.7 Å². The lowest BCUT2D eigenvalue weighted by molar-refractivity contribution is -0.138. The Kier molecular flexibility index (Phi) is 6.64. The summed E-state index contributed by atoms with van der Waals surface area (Å²) in [4.78, 5) is 36.1. The molecule has 1 unspecified atom stereocenters. The minimum absolute atomic E-state index is 0.00108. The molecule has 7 heteroatoms. The minimum atomic E-state index is -0.940. The van der Waals surface area contributed by atoms with Crippen molar-refractivity contribution in [2.24, 2.45) is 17.3 Å². The van der Waals surface area contributed by atoms with Crippen molar-refractivity contribution in [3.8, 4) is 11.1 Å². The first-order valence-electron chi connectivity index (χ1n) is 11.8. The smallest absolute Gasteiger partial charge is 0.407 e. The fourth-order valence-corrected chi connectivity index (χ4v) is 4.69. The van der Waals surface area contributed by atoms with Gasteiger partial charge in [0, 0.05) is 24.4 Å². The molecule has 3 N–H and O–H groups in total. The Morgan fingerprint density at radius 1 is 1.03 bits per heavy atom. The predicted molar refractivity (Wildman–Crippen MR) is 128 cm³/mol. The van der Waals surface area contributed by atoms with E-state index in [9.17, 15) is 14.4 Å². The van der Waals surface area contributed by atoms with Gasteiger partial charge in [-0.15, -0.1) is 0 Å². The van der Waals surface area contributed by atoms with Crippen molar-refractivity contribution in [1.29, 1.82) is 0 Å². The summed E-state index contributed by atoms with van der Waals surface area (Å²) in [6, 6.07) is 15.9. The van der Waals surface area contributed by atoms with Gasteiger partial charge in [0.2, 0.25) is 5.91 Å². The zero-order valence-corrected chi connectivity index (χ0v) is 19.8. The molecule has 4 rings (SSSR count). The third-order valence-corrected chi connectivity index (χ3v) is 6.85. The molecule has 2 aromatic carbocycles. The third kappa shape index (κ3) is 5.24. The molecule has 0 radical (unpaired) electrons. The molecule has 0 aliphatic heterocycles. The number of hydrogen-bond donors (Lipinski definition) is 3. The van der Waals surface area contributed by atoms with E-state index in [1.807, 2.05) is 45.0 Å². The van der Waals surface area contributed by atoms with Gasteiger partial charge in [-0.2, -0.15) is 0 Å². The first-order valence-corrected chi connectivity index (χ1v) is 11.8. The highest BCUT2D eigenvalue weighted by molar-refractivity contribution is 5.83. The van der Waals surface area contributed by atoms with Crippen LogP contribution in [0.2, 0.25) is 0 Å². The van der Waals surface area contributed by atoms with E-state index < -0.39 is 18.1 Å². The van der Waals surface area contributed by atoms with Crippen molar-refractivity contribution in [3.63, 3.8) is 0 Å². The highest BCUT2D eigenvalue weighted by Crippen LogP contribution is 2.44. The predicted octanol–water partition coefficient (Wildman–Crippen LogP) is 4.17. The molecule has 34 heavy (non-hydrogen) atoms. The Labute approximate surface area is 199 Å². The standard InChI is InChI=1S/C27H32N2O5/c1-27(2,3)23(13-24(30)31)29-25(32)21-12-16(21)14-28-26(33)34-15-22-19-10-6-4-8-17(19)18-9-5-7-11-20(18)22/h4-11,16,21-23H,12-15H2,1-3H3,(H,28,33)(H,29,32)(H,30,31)/t16-,21-,23?/m0/s1. The summed E-state index contributed by atoms with van der Waals surface area (Å²) in [5.41, 5.74) is 4.30. The van der Waals surface area contributed by atoms with Crippen molar-refractivity contribution in [3.05, 3.63) is 59.7 Å². The summed E-state index contributed by atoms with van der Waals surface area (Å²) >= 11 is 0. The van der Waals surface area contributed by atoms with E-state index in [2.05, 4.69) is 34.9 Å². The molecule has 0 spiro atoms. The van der Waals surface area contributed by atoms with Gasteiger partial charge in [-0.05, 0) is 40.0 Å². The Hall–Kier alpha value is -3.35. The summed E-state index contributed by atoms with van der Waals surface area (Å²) in [5.74, 6) is -1.27. The lowest BCUT2D eigenvalue weighted by atomic mass is 9.84. The van der Waals surface area contributed by atoms with Crippen molar-refractivity contribution in [2.75, 3.05) is 13.2 Å². The second kappa shape index (κ2) is 9.49. The SMILES string of the molecule is CC(C)(C)C(CC(=O)O)NC(=O)[C@H]1C[C@H]1CNC(=O)OCC1c2ccccc2-c2ccccc21. The van der Waals surface area contributed by atoms with Crippen molar-refractivity contribution < 1.29 is 24.2 Å².